The standard InChI is InChI=1S/C6H8N4OS/c7-6-10-9-5(12-6)4(11)8-3-1-2-3/h3H,1-2H2,(H2,7,10)(H,8,11). The first-order valence-electron chi connectivity index (χ1n) is 3.65. The molecule has 1 fully saturated rings. The van der Waals surface area contributed by atoms with Crippen LogP contribution >= 0.6 is 11.3 Å². The van der Waals surface area contributed by atoms with Gasteiger partial charge in [0.05, 0.1) is 0 Å². The number of anilines is 1. The molecule has 1 heterocycles. The fraction of sp³-hybridized carbons (Fsp3) is 0.500. The number of nitrogen functional groups attached to an aromatic ring is 1. The van der Waals surface area contributed by atoms with Gasteiger partial charge in [0, 0.05) is 6.04 Å². The summed E-state index contributed by atoms with van der Waals surface area (Å²) >= 11 is 1.11. The fourth-order valence-electron chi connectivity index (χ4n) is 0.801. The molecule has 0 bridgehead atoms. The van der Waals surface area contributed by atoms with Crippen molar-refractivity contribution in [3.05, 3.63) is 5.01 Å². The average molecular weight is 184 g/mol. The van der Waals surface area contributed by atoms with E-state index in [0.29, 0.717) is 16.2 Å². The first-order chi connectivity index (χ1) is 5.75. The van der Waals surface area contributed by atoms with Crippen LogP contribution in [0.3, 0.4) is 0 Å². The lowest BCUT2D eigenvalue weighted by molar-refractivity contribution is 0.0950. The largest absolute Gasteiger partial charge is 0.374 e. The molecule has 5 nitrogen and oxygen atoms in total. The Kier molecular flexibility index (Phi) is 1.69. The normalized spacial score (nSPS) is 16.0. The van der Waals surface area contributed by atoms with Gasteiger partial charge in [0.1, 0.15) is 0 Å². The van der Waals surface area contributed by atoms with Gasteiger partial charge in [-0.15, -0.1) is 10.2 Å². The molecule has 0 atom stereocenters. The van der Waals surface area contributed by atoms with Crippen molar-refractivity contribution in [3.63, 3.8) is 0 Å². The Morgan fingerprint density at radius 2 is 2.33 bits per heavy atom. The van der Waals surface area contributed by atoms with E-state index in [-0.39, 0.29) is 5.91 Å². The number of carbonyl (C=O) groups is 1. The van der Waals surface area contributed by atoms with Crippen molar-refractivity contribution in [1.29, 1.82) is 0 Å². The van der Waals surface area contributed by atoms with Crippen molar-refractivity contribution >= 4 is 22.4 Å². The third-order valence-corrected chi connectivity index (χ3v) is 2.30. The first-order valence-corrected chi connectivity index (χ1v) is 4.47. The number of nitrogens with zero attached hydrogens (tertiary/aromatic N) is 2. The second-order valence-corrected chi connectivity index (χ2v) is 3.70. The van der Waals surface area contributed by atoms with Crippen LogP contribution in [0.25, 0.3) is 0 Å². The van der Waals surface area contributed by atoms with Gasteiger partial charge in [0.25, 0.3) is 5.91 Å². The van der Waals surface area contributed by atoms with Gasteiger partial charge in [0.15, 0.2) is 0 Å². The van der Waals surface area contributed by atoms with E-state index in [1.54, 1.807) is 0 Å². The summed E-state index contributed by atoms with van der Waals surface area (Å²) in [5.74, 6) is -0.160. The zero-order valence-corrected chi connectivity index (χ0v) is 7.10. The van der Waals surface area contributed by atoms with Gasteiger partial charge in [-0.05, 0) is 12.8 Å². The van der Waals surface area contributed by atoms with Crippen LogP contribution < -0.4 is 11.1 Å². The van der Waals surface area contributed by atoms with Gasteiger partial charge in [-0.2, -0.15) is 0 Å². The molecule has 12 heavy (non-hydrogen) atoms. The lowest BCUT2D eigenvalue weighted by Gasteiger charge is -1.96. The molecular formula is C6H8N4OS. The highest BCUT2D eigenvalue weighted by molar-refractivity contribution is 7.16. The highest BCUT2D eigenvalue weighted by Gasteiger charge is 2.25. The van der Waals surface area contributed by atoms with Crippen LogP contribution in [-0.2, 0) is 0 Å². The van der Waals surface area contributed by atoms with Crippen molar-refractivity contribution in [2.24, 2.45) is 0 Å². The number of carbonyl (C=O) groups excluding carboxylic acids is 1. The molecule has 2 rings (SSSR count). The minimum atomic E-state index is -0.160. The maximum absolute atomic E-state index is 11.2. The van der Waals surface area contributed by atoms with E-state index in [9.17, 15) is 4.79 Å². The zero-order chi connectivity index (χ0) is 8.55. The second kappa shape index (κ2) is 2.71. The molecular weight excluding hydrogens is 176 g/mol. The molecule has 0 aromatic carbocycles. The van der Waals surface area contributed by atoms with Crippen molar-refractivity contribution in [2.75, 3.05) is 5.73 Å². The second-order valence-electron chi connectivity index (χ2n) is 2.69. The Morgan fingerprint density at radius 3 is 2.83 bits per heavy atom. The molecule has 1 aromatic rings. The minimum Gasteiger partial charge on any atom is -0.374 e. The lowest BCUT2D eigenvalue weighted by atomic mass is 10.6. The summed E-state index contributed by atoms with van der Waals surface area (Å²) < 4.78 is 0. The van der Waals surface area contributed by atoms with Crippen LogP contribution in [0, 0.1) is 0 Å². The topological polar surface area (TPSA) is 80.9 Å². The summed E-state index contributed by atoms with van der Waals surface area (Å²) in [7, 11) is 0. The molecule has 64 valence electrons. The summed E-state index contributed by atoms with van der Waals surface area (Å²) in [4.78, 5) is 11.2. The van der Waals surface area contributed by atoms with Crippen LogP contribution in [-0.4, -0.2) is 22.1 Å². The van der Waals surface area contributed by atoms with E-state index < -0.39 is 0 Å². The number of aromatic nitrogens is 2. The highest BCUT2D eigenvalue weighted by atomic mass is 32.1. The minimum absolute atomic E-state index is 0.160. The molecule has 1 aromatic heterocycles. The van der Waals surface area contributed by atoms with E-state index in [0.717, 1.165) is 24.2 Å². The number of amides is 1. The van der Waals surface area contributed by atoms with Crippen LogP contribution in [0.4, 0.5) is 5.13 Å². The SMILES string of the molecule is Nc1nnc(C(=O)NC2CC2)s1. The van der Waals surface area contributed by atoms with Crippen molar-refractivity contribution in [1.82, 2.24) is 15.5 Å². The molecule has 0 radical (unpaired) electrons. The Balaban J connectivity index is 2.03. The number of hydrogen-bond donors (Lipinski definition) is 2. The van der Waals surface area contributed by atoms with Crippen molar-refractivity contribution in [3.8, 4) is 0 Å². The predicted molar refractivity (Wildman–Crippen MR) is 44.8 cm³/mol. The average Bonchev–Trinajstić information content (AvgIpc) is 2.72. The fourth-order valence-corrected chi connectivity index (χ4v) is 1.31. The molecule has 0 spiro atoms. The van der Waals surface area contributed by atoms with Gasteiger partial charge in [-0.25, -0.2) is 0 Å². The molecule has 0 aliphatic heterocycles. The summed E-state index contributed by atoms with van der Waals surface area (Å²) in [6, 6.07) is 0.350. The van der Waals surface area contributed by atoms with E-state index >= 15 is 0 Å². The number of nitrogens with one attached hydrogen (secondary N) is 1. The van der Waals surface area contributed by atoms with Gasteiger partial charge < -0.3 is 11.1 Å². The number of nitrogens with two attached hydrogens (primary N) is 1. The smallest absolute Gasteiger partial charge is 0.282 e. The van der Waals surface area contributed by atoms with E-state index in [4.69, 9.17) is 5.73 Å². The maximum atomic E-state index is 11.2. The van der Waals surface area contributed by atoms with Crippen molar-refractivity contribution < 1.29 is 4.79 Å². The van der Waals surface area contributed by atoms with Gasteiger partial charge in [-0.3, -0.25) is 4.79 Å². The summed E-state index contributed by atoms with van der Waals surface area (Å²) in [6.07, 6.45) is 2.14. The summed E-state index contributed by atoms with van der Waals surface area (Å²) in [5, 5.41) is 10.7. The van der Waals surface area contributed by atoms with E-state index in [2.05, 4.69) is 15.5 Å². The number of hydrogen-bond acceptors (Lipinski definition) is 5. The van der Waals surface area contributed by atoms with Gasteiger partial charge in [0.2, 0.25) is 10.1 Å². The van der Waals surface area contributed by atoms with E-state index in [1.807, 2.05) is 0 Å². The van der Waals surface area contributed by atoms with Gasteiger partial charge >= 0.3 is 0 Å². The third-order valence-electron chi connectivity index (χ3n) is 1.55. The Morgan fingerprint density at radius 1 is 1.58 bits per heavy atom. The Hall–Kier alpha value is -1.17. The van der Waals surface area contributed by atoms with Crippen LogP contribution in [0.2, 0.25) is 0 Å². The molecule has 1 aliphatic carbocycles. The summed E-state index contributed by atoms with van der Waals surface area (Å²) in [5.41, 5.74) is 5.33. The monoisotopic (exact) mass is 184 g/mol. The van der Waals surface area contributed by atoms with Crippen LogP contribution in [0.5, 0.6) is 0 Å². The molecule has 1 amide bonds. The Labute approximate surface area is 73.0 Å². The maximum Gasteiger partial charge on any atom is 0.282 e. The molecule has 3 N–H and O–H groups in total. The first kappa shape index (κ1) is 7.48. The van der Waals surface area contributed by atoms with E-state index in [1.165, 1.54) is 0 Å². The van der Waals surface area contributed by atoms with Gasteiger partial charge in [-0.1, -0.05) is 11.3 Å². The lowest BCUT2D eigenvalue weighted by Crippen LogP contribution is -2.25. The third kappa shape index (κ3) is 1.53. The molecule has 0 saturated heterocycles. The molecule has 0 unspecified atom stereocenters. The zero-order valence-electron chi connectivity index (χ0n) is 6.28. The summed E-state index contributed by atoms with van der Waals surface area (Å²) in [6.45, 7) is 0. The van der Waals surface area contributed by atoms with Crippen LogP contribution in [0.1, 0.15) is 22.6 Å². The molecule has 1 saturated carbocycles. The van der Waals surface area contributed by atoms with Crippen molar-refractivity contribution in [2.45, 2.75) is 18.9 Å². The van der Waals surface area contributed by atoms with Crippen LogP contribution in [0.15, 0.2) is 0 Å². The molecule has 6 heteroatoms. The number of rotatable bonds is 2. The molecule has 1 aliphatic rings. The quantitative estimate of drug-likeness (QED) is 0.678. The Bertz CT molecular complexity index is 306. The predicted octanol–water partition coefficient (Wildman–Crippen LogP) is 0.0125. The highest BCUT2D eigenvalue weighted by Crippen LogP contribution is 2.20.